The summed E-state index contributed by atoms with van der Waals surface area (Å²) in [7, 11) is 1.30. The van der Waals surface area contributed by atoms with Crippen molar-refractivity contribution in [2.75, 3.05) is 23.5 Å². The number of pyridine rings is 1. The van der Waals surface area contributed by atoms with Crippen molar-refractivity contribution < 1.29 is 14.3 Å². The fraction of sp³-hybridized carbons (Fsp3) is 0.143. The van der Waals surface area contributed by atoms with E-state index in [4.69, 9.17) is 16.3 Å². The molecule has 29 heavy (non-hydrogen) atoms. The molecule has 0 aliphatic carbocycles. The molecular formula is C21H15ClN4O3. The molecule has 2 amide bonds. The topological polar surface area (TPSA) is 86.5 Å². The lowest BCUT2D eigenvalue weighted by molar-refractivity contribution is 0.0601. The number of carbonyl (C=O) groups is 2. The molecule has 0 bridgehead atoms. The third kappa shape index (κ3) is 3.24. The summed E-state index contributed by atoms with van der Waals surface area (Å²) in [6.07, 6.45) is 3.16. The standard InChI is InChI=1S/C21H15ClN4O3/c1-29-20(27)13-5-6-14-10-24-11-19(18(14)7-13)26-17(9-23)12-25(21(26)28)16-4-2-3-15(22)8-16/h2-8,10-11,17H,12H2,1H3. The van der Waals surface area contributed by atoms with Crippen molar-refractivity contribution in [1.82, 2.24) is 4.98 Å². The Hall–Kier alpha value is -3.63. The van der Waals surface area contributed by atoms with Crippen molar-refractivity contribution in [1.29, 1.82) is 5.26 Å². The molecule has 0 N–H and O–H groups in total. The zero-order chi connectivity index (χ0) is 20.5. The number of amides is 2. The van der Waals surface area contributed by atoms with Gasteiger partial charge in [0, 0.05) is 27.7 Å². The Morgan fingerprint density at radius 3 is 2.83 bits per heavy atom. The minimum Gasteiger partial charge on any atom is -0.465 e. The quantitative estimate of drug-likeness (QED) is 0.613. The number of hydrogen-bond acceptors (Lipinski definition) is 5. The van der Waals surface area contributed by atoms with Crippen molar-refractivity contribution in [3.8, 4) is 6.07 Å². The molecule has 1 aromatic heterocycles. The molecule has 1 atom stereocenters. The van der Waals surface area contributed by atoms with Crippen molar-refractivity contribution in [2.24, 2.45) is 0 Å². The fourth-order valence-corrected chi connectivity index (χ4v) is 3.60. The molecule has 1 saturated heterocycles. The first-order chi connectivity index (χ1) is 14.0. The van der Waals surface area contributed by atoms with Crippen molar-refractivity contribution >= 4 is 45.7 Å². The third-order valence-electron chi connectivity index (χ3n) is 4.79. The van der Waals surface area contributed by atoms with Crippen molar-refractivity contribution in [3.63, 3.8) is 0 Å². The summed E-state index contributed by atoms with van der Waals surface area (Å²) < 4.78 is 4.79. The summed E-state index contributed by atoms with van der Waals surface area (Å²) in [4.78, 5) is 32.3. The molecule has 0 spiro atoms. The number of rotatable bonds is 3. The average molecular weight is 407 g/mol. The van der Waals surface area contributed by atoms with Gasteiger partial charge in [-0.25, -0.2) is 9.59 Å². The first-order valence-corrected chi connectivity index (χ1v) is 9.13. The van der Waals surface area contributed by atoms with Gasteiger partial charge in [-0.05, 0) is 30.3 Å². The van der Waals surface area contributed by atoms with Crippen LogP contribution < -0.4 is 9.80 Å². The zero-order valence-electron chi connectivity index (χ0n) is 15.4. The lowest BCUT2D eigenvalue weighted by atomic mass is 10.1. The summed E-state index contributed by atoms with van der Waals surface area (Å²) in [5, 5.41) is 11.6. The van der Waals surface area contributed by atoms with E-state index < -0.39 is 12.0 Å². The van der Waals surface area contributed by atoms with Gasteiger partial charge in [-0.3, -0.25) is 14.8 Å². The van der Waals surface area contributed by atoms with Gasteiger partial charge in [0.15, 0.2) is 0 Å². The number of benzene rings is 2. The molecule has 1 unspecified atom stereocenters. The van der Waals surface area contributed by atoms with Crippen LogP contribution in [-0.2, 0) is 4.74 Å². The van der Waals surface area contributed by atoms with Crippen molar-refractivity contribution in [2.45, 2.75) is 6.04 Å². The number of anilines is 2. The number of methoxy groups -OCH3 is 1. The van der Waals surface area contributed by atoms with Gasteiger partial charge in [-0.1, -0.05) is 23.7 Å². The van der Waals surface area contributed by atoms with E-state index in [2.05, 4.69) is 11.1 Å². The highest BCUT2D eigenvalue weighted by atomic mass is 35.5. The minimum atomic E-state index is -0.726. The predicted octanol–water partition coefficient (Wildman–Crippen LogP) is 4.01. The molecule has 7 nitrogen and oxygen atoms in total. The van der Waals surface area contributed by atoms with Crippen LogP contribution in [-0.4, -0.2) is 36.7 Å². The van der Waals surface area contributed by atoms with E-state index >= 15 is 0 Å². The van der Waals surface area contributed by atoms with E-state index in [-0.39, 0.29) is 12.6 Å². The Morgan fingerprint density at radius 2 is 2.10 bits per heavy atom. The summed E-state index contributed by atoms with van der Waals surface area (Å²) >= 11 is 6.06. The first kappa shape index (κ1) is 18.7. The molecule has 1 aliphatic rings. The van der Waals surface area contributed by atoms with Crippen LogP contribution in [0.25, 0.3) is 10.8 Å². The highest BCUT2D eigenvalue weighted by molar-refractivity contribution is 6.31. The van der Waals surface area contributed by atoms with Crippen LogP contribution in [0.2, 0.25) is 5.02 Å². The van der Waals surface area contributed by atoms with Gasteiger partial charge in [0.2, 0.25) is 0 Å². The summed E-state index contributed by atoms with van der Waals surface area (Å²) in [6, 6.07) is 13.0. The Bertz CT molecular complexity index is 1170. The number of hydrogen-bond donors (Lipinski definition) is 0. The Kier molecular flexibility index (Phi) is 4.79. The largest absolute Gasteiger partial charge is 0.465 e. The maximum absolute atomic E-state index is 13.2. The van der Waals surface area contributed by atoms with E-state index in [9.17, 15) is 14.9 Å². The summed E-state index contributed by atoms with van der Waals surface area (Å²) in [5.74, 6) is -0.486. The van der Waals surface area contributed by atoms with Gasteiger partial charge in [0.05, 0.1) is 37.2 Å². The van der Waals surface area contributed by atoms with E-state index in [0.29, 0.717) is 27.3 Å². The van der Waals surface area contributed by atoms with E-state index in [1.165, 1.54) is 23.1 Å². The second kappa shape index (κ2) is 7.41. The average Bonchev–Trinajstić information content (AvgIpc) is 3.08. The van der Waals surface area contributed by atoms with Gasteiger partial charge < -0.3 is 4.74 Å². The van der Waals surface area contributed by atoms with E-state index in [1.807, 2.05) is 0 Å². The van der Waals surface area contributed by atoms with Crippen LogP contribution in [0.4, 0.5) is 16.2 Å². The monoisotopic (exact) mass is 406 g/mol. The van der Waals surface area contributed by atoms with Gasteiger partial charge >= 0.3 is 12.0 Å². The number of fused-ring (bicyclic) bond motifs is 1. The maximum Gasteiger partial charge on any atom is 0.337 e. The Labute approximate surface area is 171 Å². The summed E-state index contributed by atoms with van der Waals surface area (Å²) in [6.45, 7) is 0.183. The van der Waals surface area contributed by atoms with Crippen LogP contribution in [0.15, 0.2) is 54.9 Å². The zero-order valence-corrected chi connectivity index (χ0v) is 16.1. The predicted molar refractivity (Wildman–Crippen MR) is 109 cm³/mol. The van der Waals surface area contributed by atoms with E-state index in [1.54, 1.807) is 48.7 Å². The number of esters is 1. The van der Waals surface area contributed by atoms with Crippen LogP contribution >= 0.6 is 11.6 Å². The molecule has 1 aliphatic heterocycles. The van der Waals surface area contributed by atoms with E-state index in [0.717, 1.165) is 5.39 Å². The second-order valence-electron chi connectivity index (χ2n) is 6.47. The highest BCUT2D eigenvalue weighted by Crippen LogP contribution is 2.34. The van der Waals surface area contributed by atoms with Gasteiger partial charge in [-0.15, -0.1) is 0 Å². The lowest BCUT2D eigenvalue weighted by Gasteiger charge is -2.21. The minimum absolute atomic E-state index is 0.183. The number of ether oxygens (including phenoxy) is 1. The normalized spacial score (nSPS) is 16.2. The number of aromatic nitrogens is 1. The molecule has 8 heteroatoms. The molecule has 0 radical (unpaired) electrons. The number of carbonyl (C=O) groups excluding carboxylic acids is 2. The van der Waals surface area contributed by atoms with Crippen LogP contribution in [0.3, 0.4) is 0 Å². The van der Waals surface area contributed by atoms with Crippen LogP contribution in [0.5, 0.6) is 0 Å². The smallest absolute Gasteiger partial charge is 0.337 e. The molecule has 2 heterocycles. The molecule has 144 valence electrons. The van der Waals surface area contributed by atoms with Crippen LogP contribution in [0.1, 0.15) is 10.4 Å². The Balaban J connectivity index is 1.82. The van der Waals surface area contributed by atoms with Crippen LogP contribution in [0, 0.1) is 11.3 Å². The lowest BCUT2D eigenvalue weighted by Crippen LogP contribution is -2.34. The van der Waals surface area contributed by atoms with Gasteiger partial charge in [0.25, 0.3) is 0 Å². The molecule has 3 aromatic rings. The fourth-order valence-electron chi connectivity index (χ4n) is 3.41. The van der Waals surface area contributed by atoms with Gasteiger partial charge in [0.1, 0.15) is 6.04 Å². The summed E-state index contributed by atoms with van der Waals surface area (Å²) in [5.41, 5.74) is 1.40. The SMILES string of the molecule is COC(=O)c1ccc2cncc(N3C(=O)N(c4cccc(Cl)c4)CC3C#N)c2c1. The maximum atomic E-state index is 13.2. The highest BCUT2D eigenvalue weighted by Gasteiger charge is 2.40. The number of nitriles is 1. The number of urea groups is 1. The first-order valence-electron chi connectivity index (χ1n) is 8.75. The Morgan fingerprint density at radius 1 is 1.28 bits per heavy atom. The molecule has 2 aromatic carbocycles. The second-order valence-corrected chi connectivity index (χ2v) is 6.91. The molecule has 0 saturated carbocycles. The third-order valence-corrected chi connectivity index (χ3v) is 5.03. The molecule has 1 fully saturated rings. The molecule has 4 rings (SSSR count). The van der Waals surface area contributed by atoms with Gasteiger partial charge in [-0.2, -0.15) is 5.26 Å². The number of nitrogens with zero attached hydrogens (tertiary/aromatic N) is 4. The van der Waals surface area contributed by atoms with Crippen molar-refractivity contribution in [3.05, 3.63) is 65.4 Å². The number of halogens is 1. The molecular weight excluding hydrogens is 392 g/mol.